The Morgan fingerprint density at radius 1 is 1.35 bits per heavy atom. The smallest absolute Gasteiger partial charge is 0.323 e. The third-order valence-electron chi connectivity index (χ3n) is 3.42. The molecule has 0 heterocycles. The van der Waals surface area contributed by atoms with E-state index in [1.54, 1.807) is 0 Å². The van der Waals surface area contributed by atoms with Crippen molar-refractivity contribution in [1.82, 2.24) is 5.32 Å². The maximum atomic E-state index is 11.2. The van der Waals surface area contributed by atoms with E-state index in [2.05, 4.69) is 19.2 Å². The first-order valence-corrected chi connectivity index (χ1v) is 6.63. The molecule has 1 rings (SSSR count). The Hall–Kier alpha value is -0.610. The predicted octanol–water partition coefficient (Wildman–Crippen LogP) is 2.04. The molecule has 0 amide bonds. The van der Waals surface area contributed by atoms with Gasteiger partial charge in [-0.2, -0.15) is 0 Å². The zero-order valence-corrected chi connectivity index (χ0v) is 11.0. The molecule has 0 unspecified atom stereocenters. The fourth-order valence-electron chi connectivity index (χ4n) is 2.23. The Labute approximate surface area is 104 Å². The molecule has 1 fully saturated rings. The molecule has 0 aromatic carbocycles. The number of carboxylic acid groups (broad SMARTS) is 1. The molecule has 100 valence electrons. The molecule has 0 aromatic heterocycles. The van der Waals surface area contributed by atoms with Crippen LogP contribution in [0.2, 0.25) is 0 Å². The molecule has 0 atom stereocenters. The van der Waals surface area contributed by atoms with E-state index in [4.69, 9.17) is 4.74 Å². The second-order valence-corrected chi connectivity index (χ2v) is 5.32. The van der Waals surface area contributed by atoms with E-state index in [-0.39, 0.29) is 0 Å². The predicted molar refractivity (Wildman–Crippen MR) is 67.1 cm³/mol. The molecule has 0 aromatic rings. The highest BCUT2D eigenvalue weighted by atomic mass is 16.5. The van der Waals surface area contributed by atoms with Crippen LogP contribution in [-0.2, 0) is 9.53 Å². The standard InChI is InChI=1S/C13H25NO3/c1-11(2)5-9-17-10-8-14-13(12(15)16)6-3-4-7-13/h11,14H,3-10H2,1-2H3,(H,15,16). The monoisotopic (exact) mass is 243 g/mol. The molecule has 0 radical (unpaired) electrons. The van der Waals surface area contributed by atoms with Crippen molar-refractivity contribution in [2.45, 2.75) is 51.5 Å². The molecule has 4 heteroatoms. The Morgan fingerprint density at radius 3 is 2.53 bits per heavy atom. The topological polar surface area (TPSA) is 58.6 Å². The van der Waals surface area contributed by atoms with E-state index in [1.165, 1.54) is 0 Å². The first-order valence-electron chi connectivity index (χ1n) is 6.63. The Kier molecular flexibility index (Phi) is 5.92. The Morgan fingerprint density at radius 2 is 2.00 bits per heavy atom. The van der Waals surface area contributed by atoms with Gasteiger partial charge in [-0.05, 0) is 25.2 Å². The van der Waals surface area contributed by atoms with Gasteiger partial charge in [-0.1, -0.05) is 26.7 Å². The third-order valence-corrected chi connectivity index (χ3v) is 3.42. The lowest BCUT2D eigenvalue weighted by molar-refractivity contribution is -0.144. The van der Waals surface area contributed by atoms with E-state index in [0.29, 0.717) is 19.1 Å². The van der Waals surface area contributed by atoms with Crippen LogP contribution in [-0.4, -0.2) is 36.4 Å². The van der Waals surface area contributed by atoms with Gasteiger partial charge in [-0.25, -0.2) is 0 Å². The summed E-state index contributed by atoms with van der Waals surface area (Å²) < 4.78 is 5.47. The number of hydrogen-bond acceptors (Lipinski definition) is 3. The van der Waals surface area contributed by atoms with E-state index in [0.717, 1.165) is 38.7 Å². The van der Waals surface area contributed by atoms with Gasteiger partial charge in [0.25, 0.3) is 0 Å². The minimum absolute atomic E-state index is 0.599. The molecule has 0 aliphatic heterocycles. The number of carbonyl (C=O) groups is 1. The highest BCUT2D eigenvalue weighted by Gasteiger charge is 2.40. The van der Waals surface area contributed by atoms with Crippen molar-refractivity contribution in [2.24, 2.45) is 5.92 Å². The van der Waals surface area contributed by atoms with E-state index in [9.17, 15) is 9.90 Å². The second-order valence-electron chi connectivity index (χ2n) is 5.32. The quantitative estimate of drug-likeness (QED) is 0.640. The number of aliphatic carboxylic acids is 1. The summed E-state index contributed by atoms with van der Waals surface area (Å²) in [5, 5.41) is 12.4. The fraction of sp³-hybridized carbons (Fsp3) is 0.923. The maximum absolute atomic E-state index is 11.2. The first-order chi connectivity index (χ1) is 8.07. The summed E-state index contributed by atoms with van der Waals surface area (Å²) in [4.78, 5) is 11.2. The van der Waals surface area contributed by atoms with E-state index >= 15 is 0 Å². The third kappa shape index (κ3) is 4.64. The highest BCUT2D eigenvalue weighted by molar-refractivity contribution is 5.79. The maximum Gasteiger partial charge on any atom is 0.323 e. The summed E-state index contributed by atoms with van der Waals surface area (Å²) in [5.74, 6) is -0.0552. The van der Waals surface area contributed by atoms with Gasteiger partial charge in [0.1, 0.15) is 5.54 Å². The summed E-state index contributed by atoms with van der Waals surface area (Å²) in [5.41, 5.74) is -0.679. The first kappa shape index (κ1) is 14.5. The van der Waals surface area contributed by atoms with Crippen LogP contribution in [0.15, 0.2) is 0 Å². The van der Waals surface area contributed by atoms with Crippen LogP contribution < -0.4 is 5.32 Å². The SMILES string of the molecule is CC(C)CCOCCNC1(C(=O)O)CCCC1. The molecule has 1 saturated carbocycles. The van der Waals surface area contributed by atoms with Crippen LogP contribution in [0, 0.1) is 5.92 Å². The van der Waals surface area contributed by atoms with Gasteiger partial charge in [-0.3, -0.25) is 10.1 Å². The van der Waals surface area contributed by atoms with Gasteiger partial charge < -0.3 is 9.84 Å². The van der Waals surface area contributed by atoms with Crippen molar-refractivity contribution < 1.29 is 14.6 Å². The summed E-state index contributed by atoms with van der Waals surface area (Å²) in [6.45, 7) is 6.32. The number of nitrogens with one attached hydrogen (secondary N) is 1. The van der Waals surface area contributed by atoms with Gasteiger partial charge in [0.2, 0.25) is 0 Å². The zero-order valence-electron chi connectivity index (χ0n) is 11.0. The Balaban J connectivity index is 2.14. The Bertz CT molecular complexity index is 235. The summed E-state index contributed by atoms with van der Waals surface area (Å²) in [7, 11) is 0. The van der Waals surface area contributed by atoms with Crippen LogP contribution in [0.5, 0.6) is 0 Å². The molecule has 0 spiro atoms. The van der Waals surface area contributed by atoms with Crippen molar-refractivity contribution in [3.8, 4) is 0 Å². The summed E-state index contributed by atoms with van der Waals surface area (Å²) >= 11 is 0. The minimum Gasteiger partial charge on any atom is -0.480 e. The van der Waals surface area contributed by atoms with Crippen LogP contribution in [0.25, 0.3) is 0 Å². The van der Waals surface area contributed by atoms with Crippen LogP contribution in [0.1, 0.15) is 46.0 Å². The van der Waals surface area contributed by atoms with Gasteiger partial charge >= 0.3 is 5.97 Å². The molecule has 17 heavy (non-hydrogen) atoms. The van der Waals surface area contributed by atoms with Crippen molar-refractivity contribution in [3.63, 3.8) is 0 Å². The van der Waals surface area contributed by atoms with Gasteiger partial charge in [0, 0.05) is 13.2 Å². The molecular formula is C13H25NO3. The lowest BCUT2D eigenvalue weighted by Gasteiger charge is -2.25. The zero-order chi connectivity index (χ0) is 12.7. The summed E-state index contributed by atoms with van der Waals surface area (Å²) in [6, 6.07) is 0. The van der Waals surface area contributed by atoms with E-state index < -0.39 is 11.5 Å². The van der Waals surface area contributed by atoms with Crippen molar-refractivity contribution in [3.05, 3.63) is 0 Å². The van der Waals surface area contributed by atoms with Gasteiger partial charge in [-0.15, -0.1) is 0 Å². The minimum atomic E-state index is -0.711. The number of hydrogen-bond donors (Lipinski definition) is 2. The molecule has 2 N–H and O–H groups in total. The number of carboxylic acids is 1. The van der Waals surface area contributed by atoms with Crippen molar-refractivity contribution in [2.75, 3.05) is 19.8 Å². The molecule has 0 bridgehead atoms. The lowest BCUT2D eigenvalue weighted by Crippen LogP contribution is -2.50. The fourth-order valence-corrected chi connectivity index (χ4v) is 2.23. The van der Waals surface area contributed by atoms with Crippen LogP contribution in [0.4, 0.5) is 0 Å². The van der Waals surface area contributed by atoms with E-state index in [1.807, 2.05) is 0 Å². The van der Waals surface area contributed by atoms with Crippen LogP contribution in [0.3, 0.4) is 0 Å². The van der Waals surface area contributed by atoms with Crippen molar-refractivity contribution >= 4 is 5.97 Å². The van der Waals surface area contributed by atoms with Gasteiger partial charge in [0.15, 0.2) is 0 Å². The number of ether oxygens (including phenoxy) is 1. The molecule has 1 aliphatic carbocycles. The molecular weight excluding hydrogens is 218 g/mol. The second kappa shape index (κ2) is 6.97. The molecule has 4 nitrogen and oxygen atoms in total. The molecule has 1 aliphatic rings. The average Bonchev–Trinajstić information content (AvgIpc) is 2.72. The molecule has 0 saturated heterocycles. The summed E-state index contributed by atoms with van der Waals surface area (Å²) in [6.07, 6.45) is 4.56. The highest BCUT2D eigenvalue weighted by Crippen LogP contribution is 2.29. The number of rotatable bonds is 8. The average molecular weight is 243 g/mol. The normalized spacial score (nSPS) is 18.8. The van der Waals surface area contributed by atoms with Crippen LogP contribution >= 0.6 is 0 Å². The van der Waals surface area contributed by atoms with Gasteiger partial charge in [0.05, 0.1) is 6.61 Å². The largest absolute Gasteiger partial charge is 0.480 e. The lowest BCUT2D eigenvalue weighted by atomic mass is 9.98. The van der Waals surface area contributed by atoms with Crippen molar-refractivity contribution in [1.29, 1.82) is 0 Å².